The molecule has 2 aromatic rings. The zero-order valence-corrected chi connectivity index (χ0v) is 11.2. The molecule has 0 aliphatic heterocycles. The van der Waals surface area contributed by atoms with Crippen molar-refractivity contribution in [3.63, 3.8) is 0 Å². The van der Waals surface area contributed by atoms with Crippen LogP contribution in [0.1, 0.15) is 11.1 Å². The van der Waals surface area contributed by atoms with Crippen LogP contribution in [0.25, 0.3) is 12.2 Å². The summed E-state index contributed by atoms with van der Waals surface area (Å²) in [5.41, 5.74) is 2.18. The Kier molecular flexibility index (Phi) is 7.95. The maximum atomic E-state index is 8.44. The lowest BCUT2D eigenvalue weighted by molar-refractivity contribution is 0.343. The molecule has 2 aromatic carbocycles. The number of nitrogens with zero attached hydrogens (tertiary/aromatic N) is 1. The topological polar surface area (TPSA) is 44.0 Å². The molecule has 0 amide bonds. The average Bonchev–Trinajstić information content (AvgIpc) is 2.53. The molecule has 0 aromatic heterocycles. The highest BCUT2D eigenvalue weighted by molar-refractivity contribution is 5.51. The van der Waals surface area contributed by atoms with Crippen LogP contribution in [-0.4, -0.2) is 11.7 Å². The largest absolute Gasteiger partial charge is 0.392 e. The van der Waals surface area contributed by atoms with Gasteiger partial charge in [-0.1, -0.05) is 72.8 Å². The van der Waals surface area contributed by atoms with Gasteiger partial charge >= 0.3 is 0 Å². The van der Waals surface area contributed by atoms with Crippen LogP contribution in [-0.2, 0) is 0 Å². The summed E-state index contributed by atoms with van der Waals surface area (Å²) in [4.78, 5) is 0. The van der Waals surface area contributed by atoms with Gasteiger partial charge in [0.2, 0.25) is 0 Å². The SMILES string of the molecule is N#CC=Cc1ccccc1.OCC=Cc1ccccc1. The van der Waals surface area contributed by atoms with E-state index in [2.05, 4.69) is 0 Å². The van der Waals surface area contributed by atoms with Crippen LogP contribution in [0.4, 0.5) is 0 Å². The van der Waals surface area contributed by atoms with Crippen LogP contribution in [0.2, 0.25) is 0 Å². The number of allylic oxidation sites excluding steroid dienone is 1. The van der Waals surface area contributed by atoms with Crippen molar-refractivity contribution in [2.45, 2.75) is 0 Å². The van der Waals surface area contributed by atoms with Gasteiger partial charge in [-0.25, -0.2) is 0 Å². The van der Waals surface area contributed by atoms with E-state index in [1.54, 1.807) is 12.2 Å². The minimum atomic E-state index is 0.106. The molecule has 0 unspecified atom stereocenters. The van der Waals surface area contributed by atoms with E-state index in [0.717, 1.165) is 11.1 Å². The Morgan fingerprint density at radius 2 is 1.35 bits per heavy atom. The van der Waals surface area contributed by atoms with E-state index < -0.39 is 0 Å². The van der Waals surface area contributed by atoms with Gasteiger partial charge in [0, 0.05) is 6.08 Å². The van der Waals surface area contributed by atoms with Gasteiger partial charge in [0.1, 0.15) is 0 Å². The minimum absolute atomic E-state index is 0.106. The van der Waals surface area contributed by atoms with E-state index in [1.165, 1.54) is 6.08 Å². The first-order valence-electron chi connectivity index (χ1n) is 6.30. The van der Waals surface area contributed by atoms with Crippen molar-refractivity contribution < 1.29 is 5.11 Å². The summed E-state index contributed by atoms with van der Waals surface area (Å²) in [7, 11) is 0. The van der Waals surface area contributed by atoms with Crippen molar-refractivity contribution in [1.82, 2.24) is 0 Å². The van der Waals surface area contributed by atoms with E-state index >= 15 is 0 Å². The maximum Gasteiger partial charge on any atom is 0.0912 e. The smallest absolute Gasteiger partial charge is 0.0912 e. The molecular formula is C18H17NO. The second-order valence-corrected chi connectivity index (χ2v) is 3.87. The van der Waals surface area contributed by atoms with Crippen LogP contribution in [0.5, 0.6) is 0 Å². The molecule has 0 saturated carbocycles. The summed E-state index contributed by atoms with van der Waals surface area (Å²) >= 11 is 0. The van der Waals surface area contributed by atoms with E-state index in [1.807, 2.05) is 72.8 Å². The molecule has 0 saturated heterocycles. The molecule has 20 heavy (non-hydrogen) atoms. The van der Waals surface area contributed by atoms with Crippen molar-refractivity contribution in [3.8, 4) is 6.07 Å². The minimum Gasteiger partial charge on any atom is -0.392 e. The Bertz CT molecular complexity index is 565. The molecule has 0 spiro atoms. The number of nitriles is 1. The van der Waals surface area contributed by atoms with E-state index in [0.29, 0.717) is 0 Å². The summed E-state index contributed by atoms with van der Waals surface area (Å²) in [6.07, 6.45) is 6.85. The summed E-state index contributed by atoms with van der Waals surface area (Å²) in [6.45, 7) is 0.106. The second-order valence-electron chi connectivity index (χ2n) is 3.87. The number of hydrogen-bond acceptors (Lipinski definition) is 2. The molecule has 0 radical (unpaired) electrons. The molecule has 0 fully saturated rings. The Labute approximate surface area is 119 Å². The first-order valence-corrected chi connectivity index (χ1v) is 6.30. The molecule has 100 valence electrons. The highest BCUT2D eigenvalue weighted by Gasteiger charge is 1.80. The van der Waals surface area contributed by atoms with Crippen LogP contribution in [0.15, 0.2) is 72.8 Å². The quantitative estimate of drug-likeness (QED) is 0.853. The molecule has 0 bridgehead atoms. The normalized spacial score (nSPS) is 10.0. The molecule has 2 heteroatoms. The van der Waals surface area contributed by atoms with Gasteiger partial charge in [0.15, 0.2) is 0 Å². The van der Waals surface area contributed by atoms with Gasteiger partial charge in [-0.2, -0.15) is 5.26 Å². The number of benzene rings is 2. The molecule has 0 heterocycles. The van der Waals surface area contributed by atoms with Gasteiger partial charge in [-0.05, 0) is 17.2 Å². The lowest BCUT2D eigenvalue weighted by Crippen LogP contribution is -1.72. The first-order chi connectivity index (χ1) is 9.86. The average molecular weight is 263 g/mol. The molecule has 0 aliphatic rings. The van der Waals surface area contributed by atoms with Crippen molar-refractivity contribution in [2.75, 3.05) is 6.61 Å². The van der Waals surface area contributed by atoms with Crippen molar-refractivity contribution >= 4 is 12.2 Å². The van der Waals surface area contributed by atoms with Crippen LogP contribution in [0.3, 0.4) is 0 Å². The maximum absolute atomic E-state index is 8.44. The fraction of sp³-hybridized carbons (Fsp3) is 0.0556. The number of aliphatic hydroxyl groups excluding tert-OH is 1. The first kappa shape index (κ1) is 15.4. The molecule has 0 atom stereocenters. The predicted molar refractivity (Wildman–Crippen MR) is 83.7 cm³/mol. The van der Waals surface area contributed by atoms with Crippen LogP contribution in [0, 0.1) is 11.3 Å². The number of rotatable bonds is 3. The van der Waals surface area contributed by atoms with E-state index in [-0.39, 0.29) is 6.61 Å². The van der Waals surface area contributed by atoms with Gasteiger partial charge in [-0.15, -0.1) is 0 Å². The predicted octanol–water partition coefficient (Wildman–Crippen LogP) is 3.92. The summed E-state index contributed by atoms with van der Waals surface area (Å²) in [5, 5.41) is 16.6. The monoisotopic (exact) mass is 263 g/mol. The van der Waals surface area contributed by atoms with Crippen molar-refractivity contribution in [1.29, 1.82) is 5.26 Å². The number of aliphatic hydroxyl groups is 1. The van der Waals surface area contributed by atoms with Crippen LogP contribution >= 0.6 is 0 Å². The Morgan fingerprint density at radius 3 is 1.80 bits per heavy atom. The zero-order chi connectivity index (χ0) is 14.5. The fourth-order valence-electron chi connectivity index (χ4n) is 1.45. The third-order valence-electron chi connectivity index (χ3n) is 2.37. The molecule has 2 rings (SSSR count). The Morgan fingerprint density at radius 1 is 0.850 bits per heavy atom. The highest BCUT2D eigenvalue weighted by atomic mass is 16.2. The van der Waals surface area contributed by atoms with Gasteiger partial charge < -0.3 is 5.11 Å². The highest BCUT2D eigenvalue weighted by Crippen LogP contribution is 2.00. The van der Waals surface area contributed by atoms with Gasteiger partial charge in [0.25, 0.3) is 0 Å². The van der Waals surface area contributed by atoms with E-state index in [9.17, 15) is 0 Å². The van der Waals surface area contributed by atoms with Crippen molar-refractivity contribution in [2.24, 2.45) is 0 Å². The summed E-state index contributed by atoms with van der Waals surface area (Å²) in [5.74, 6) is 0. The molecule has 0 aliphatic carbocycles. The number of hydrogen-bond donors (Lipinski definition) is 1. The molecule has 1 N–H and O–H groups in total. The third kappa shape index (κ3) is 6.95. The third-order valence-corrected chi connectivity index (χ3v) is 2.37. The van der Waals surface area contributed by atoms with Gasteiger partial charge in [0.05, 0.1) is 12.7 Å². The second kappa shape index (κ2) is 10.3. The standard InChI is InChI=1S/C9H7N.C9H10O/c2*10-8-4-7-9-5-2-1-3-6-9/h1-7H;1-7,10H,8H2. The van der Waals surface area contributed by atoms with Crippen LogP contribution < -0.4 is 0 Å². The lowest BCUT2D eigenvalue weighted by Gasteiger charge is -1.88. The Balaban J connectivity index is 0.000000200. The fourth-order valence-corrected chi connectivity index (χ4v) is 1.45. The summed E-state index contributed by atoms with van der Waals surface area (Å²) < 4.78 is 0. The molecule has 2 nitrogen and oxygen atoms in total. The lowest BCUT2D eigenvalue weighted by atomic mass is 10.2. The Hall–Kier alpha value is -2.63. The molecular weight excluding hydrogens is 246 g/mol. The van der Waals surface area contributed by atoms with Crippen molar-refractivity contribution in [3.05, 3.63) is 83.9 Å². The zero-order valence-electron chi connectivity index (χ0n) is 11.2. The summed E-state index contributed by atoms with van der Waals surface area (Å²) in [6, 6.07) is 21.6. The van der Waals surface area contributed by atoms with E-state index in [4.69, 9.17) is 10.4 Å². The van der Waals surface area contributed by atoms with Gasteiger partial charge in [-0.3, -0.25) is 0 Å².